The summed E-state index contributed by atoms with van der Waals surface area (Å²) in [5.74, 6) is 0.315. The molecule has 0 radical (unpaired) electrons. The third kappa shape index (κ3) is 5.94. The molecule has 2 saturated carbocycles. The highest BCUT2D eigenvalue weighted by Crippen LogP contribution is 2.50. The number of hydrogen-bond donors (Lipinski definition) is 3. The number of carbonyl (C=O) groups is 3. The first-order valence-corrected chi connectivity index (χ1v) is 14.8. The highest BCUT2D eigenvalue weighted by molar-refractivity contribution is 6.09. The van der Waals surface area contributed by atoms with Crippen molar-refractivity contribution < 1.29 is 24.6 Å². The molecule has 40 heavy (non-hydrogen) atoms. The van der Waals surface area contributed by atoms with E-state index in [2.05, 4.69) is 19.2 Å². The number of rotatable bonds is 5. The number of nitrogens with one attached hydrogen (secondary N) is 1. The molecule has 0 amide bonds. The lowest BCUT2D eigenvalue weighted by Crippen LogP contribution is -2.42. The van der Waals surface area contributed by atoms with Crippen molar-refractivity contribution in [3.63, 3.8) is 0 Å². The maximum atomic E-state index is 12.8. The second kappa shape index (κ2) is 12.4. The number of fused-ring (bicyclic) bond motifs is 2. The van der Waals surface area contributed by atoms with E-state index in [1.54, 1.807) is 6.20 Å². The van der Waals surface area contributed by atoms with E-state index >= 15 is 0 Å². The fraction of sp³-hybridized carbons (Fsp3) is 0.559. The van der Waals surface area contributed by atoms with Crippen LogP contribution in [0.4, 0.5) is 0 Å². The maximum absolute atomic E-state index is 12.8. The van der Waals surface area contributed by atoms with Crippen molar-refractivity contribution in [1.29, 1.82) is 0 Å². The molecule has 0 aromatic heterocycles. The summed E-state index contributed by atoms with van der Waals surface area (Å²) < 4.78 is 0. The zero-order valence-corrected chi connectivity index (χ0v) is 24.5. The summed E-state index contributed by atoms with van der Waals surface area (Å²) in [5, 5.41) is 23.7. The number of allylic oxidation sites excluding steroid dienone is 3. The molecule has 6 heteroatoms. The Morgan fingerprint density at radius 2 is 1.52 bits per heavy atom. The van der Waals surface area contributed by atoms with Crippen LogP contribution in [0.15, 0.2) is 64.4 Å². The summed E-state index contributed by atoms with van der Waals surface area (Å²) in [6.45, 7) is 7.95. The van der Waals surface area contributed by atoms with Crippen LogP contribution in [0.3, 0.4) is 0 Å². The van der Waals surface area contributed by atoms with Gasteiger partial charge in [-0.2, -0.15) is 0 Å². The Bertz CT molecular complexity index is 1230. The first-order chi connectivity index (χ1) is 19.0. The van der Waals surface area contributed by atoms with Gasteiger partial charge in [-0.25, -0.2) is 0 Å². The van der Waals surface area contributed by atoms with E-state index < -0.39 is 6.10 Å². The van der Waals surface area contributed by atoms with Crippen LogP contribution in [0.1, 0.15) is 91.0 Å². The molecule has 5 atom stereocenters. The molecule has 3 N–H and O–H groups in total. The second-order valence-corrected chi connectivity index (χ2v) is 12.6. The average molecular weight is 548 g/mol. The van der Waals surface area contributed by atoms with Crippen LogP contribution >= 0.6 is 0 Å². The number of aliphatic hydroxyl groups is 2. The first-order valence-electron chi connectivity index (χ1n) is 14.8. The Kier molecular flexibility index (Phi) is 9.31. The molecule has 5 rings (SSSR count). The minimum Gasteiger partial charge on any atom is -0.392 e. The highest BCUT2D eigenvalue weighted by atomic mass is 16.3. The van der Waals surface area contributed by atoms with Gasteiger partial charge in [-0.05, 0) is 88.3 Å². The van der Waals surface area contributed by atoms with Crippen molar-refractivity contribution in [3.8, 4) is 0 Å². The van der Waals surface area contributed by atoms with Gasteiger partial charge in [0.1, 0.15) is 6.29 Å². The fourth-order valence-electron chi connectivity index (χ4n) is 7.25. The van der Waals surface area contributed by atoms with Gasteiger partial charge in [-0.15, -0.1) is 0 Å². The molecular weight excluding hydrogens is 502 g/mol. The largest absolute Gasteiger partial charge is 0.392 e. The number of ketones is 2. The van der Waals surface area contributed by atoms with Gasteiger partial charge in [-0.1, -0.05) is 55.3 Å². The Morgan fingerprint density at radius 1 is 0.925 bits per heavy atom. The Morgan fingerprint density at radius 3 is 2.15 bits per heavy atom. The lowest BCUT2D eigenvalue weighted by molar-refractivity contribution is -0.118. The molecular formula is C34H45NO5. The zero-order valence-electron chi connectivity index (χ0n) is 24.5. The lowest BCUT2D eigenvalue weighted by atomic mass is 9.61. The smallest absolute Gasteiger partial charge is 0.186 e. The van der Waals surface area contributed by atoms with Gasteiger partial charge in [-0.3, -0.25) is 9.59 Å². The predicted octanol–water partition coefficient (Wildman–Crippen LogP) is 5.33. The Labute approximate surface area is 238 Å². The second-order valence-electron chi connectivity index (χ2n) is 12.6. The number of aliphatic hydroxyl groups excluding tert-OH is 2. The number of Topliss-reactive ketones (excluding diaryl/α,β-unsaturated/α-hetero) is 2. The van der Waals surface area contributed by atoms with Crippen molar-refractivity contribution >= 4 is 17.9 Å². The van der Waals surface area contributed by atoms with Gasteiger partial charge in [0, 0.05) is 29.0 Å². The van der Waals surface area contributed by atoms with E-state index in [9.17, 15) is 24.6 Å². The standard InChI is InChI=1S/C22H27NO3.C12H18O2/c1-15-19-9-6-10-20(25)22(19,2)12-17(21(15)26)13-23-18(14-24)11-16-7-4-3-5-8-16;1-8-9-4-3-5-11(14)12(9,2)7-6-10(8)13/h3-5,7-8,13-14,18,20,23,25H,6,9-12H2,1-2H3;11,14H,3-7H2,1-2H3/b17-13-;/t18-,20+,22+;11-,12-/m10/s1. The van der Waals surface area contributed by atoms with Gasteiger partial charge in [0.05, 0.1) is 18.2 Å². The number of benzene rings is 1. The van der Waals surface area contributed by atoms with E-state index in [0.717, 1.165) is 73.5 Å². The van der Waals surface area contributed by atoms with Gasteiger partial charge < -0.3 is 20.3 Å². The van der Waals surface area contributed by atoms with E-state index in [4.69, 9.17) is 0 Å². The van der Waals surface area contributed by atoms with E-state index in [-0.39, 0.29) is 34.5 Å². The lowest BCUT2D eigenvalue weighted by Gasteiger charge is -2.45. The molecule has 2 fully saturated rings. The van der Waals surface area contributed by atoms with Crippen LogP contribution in [0.2, 0.25) is 0 Å². The molecule has 0 bridgehead atoms. The molecule has 6 nitrogen and oxygen atoms in total. The molecule has 0 saturated heterocycles. The summed E-state index contributed by atoms with van der Waals surface area (Å²) in [6.07, 6.45) is 9.94. The number of hydrogen-bond acceptors (Lipinski definition) is 6. The molecule has 216 valence electrons. The summed E-state index contributed by atoms with van der Waals surface area (Å²) in [5.41, 5.74) is 5.26. The van der Waals surface area contributed by atoms with Crippen LogP contribution in [0.25, 0.3) is 0 Å². The summed E-state index contributed by atoms with van der Waals surface area (Å²) >= 11 is 0. The van der Waals surface area contributed by atoms with Crippen LogP contribution in [0.5, 0.6) is 0 Å². The molecule has 4 aliphatic rings. The topological polar surface area (TPSA) is 104 Å². The van der Waals surface area contributed by atoms with E-state index in [1.165, 1.54) is 5.57 Å². The van der Waals surface area contributed by atoms with Crippen molar-refractivity contribution in [2.75, 3.05) is 0 Å². The molecule has 0 unspecified atom stereocenters. The van der Waals surface area contributed by atoms with Crippen molar-refractivity contribution in [3.05, 3.63) is 70.0 Å². The molecule has 0 aliphatic heterocycles. The molecule has 1 aromatic carbocycles. The van der Waals surface area contributed by atoms with Crippen molar-refractivity contribution in [1.82, 2.24) is 5.32 Å². The summed E-state index contributed by atoms with van der Waals surface area (Å²) in [6, 6.07) is 9.42. The Hall–Kier alpha value is -2.83. The first kappa shape index (κ1) is 30.1. The minimum absolute atomic E-state index is 0.0310. The van der Waals surface area contributed by atoms with Crippen LogP contribution in [0, 0.1) is 10.8 Å². The van der Waals surface area contributed by atoms with Gasteiger partial charge >= 0.3 is 0 Å². The monoisotopic (exact) mass is 547 g/mol. The average Bonchev–Trinajstić information content (AvgIpc) is 2.95. The van der Waals surface area contributed by atoms with Crippen LogP contribution in [-0.4, -0.2) is 46.3 Å². The van der Waals surface area contributed by atoms with Crippen molar-refractivity contribution in [2.45, 2.75) is 110 Å². The van der Waals surface area contributed by atoms with Gasteiger partial charge in [0.15, 0.2) is 11.6 Å². The maximum Gasteiger partial charge on any atom is 0.186 e. The third-order valence-electron chi connectivity index (χ3n) is 9.98. The Balaban J connectivity index is 0.000000222. The molecule has 0 spiro atoms. The quantitative estimate of drug-likeness (QED) is 0.340. The molecule has 1 aromatic rings. The number of aldehydes is 1. The minimum atomic E-state index is -0.427. The zero-order chi connectivity index (χ0) is 29.1. The number of carbonyl (C=O) groups excluding carboxylic acids is 3. The van der Waals surface area contributed by atoms with Gasteiger partial charge in [0.2, 0.25) is 0 Å². The third-order valence-corrected chi connectivity index (χ3v) is 9.98. The highest BCUT2D eigenvalue weighted by Gasteiger charge is 2.46. The van der Waals surface area contributed by atoms with Gasteiger partial charge in [0.25, 0.3) is 0 Å². The predicted molar refractivity (Wildman–Crippen MR) is 156 cm³/mol. The van der Waals surface area contributed by atoms with Crippen LogP contribution < -0.4 is 5.32 Å². The van der Waals surface area contributed by atoms with E-state index in [0.29, 0.717) is 24.8 Å². The fourth-order valence-corrected chi connectivity index (χ4v) is 7.25. The summed E-state index contributed by atoms with van der Waals surface area (Å²) in [4.78, 5) is 35.8. The summed E-state index contributed by atoms with van der Waals surface area (Å²) in [7, 11) is 0. The van der Waals surface area contributed by atoms with E-state index in [1.807, 2.05) is 44.2 Å². The molecule has 4 aliphatic carbocycles. The van der Waals surface area contributed by atoms with Crippen molar-refractivity contribution in [2.24, 2.45) is 10.8 Å². The van der Waals surface area contributed by atoms with Crippen LogP contribution in [-0.2, 0) is 20.8 Å². The molecule has 0 heterocycles. The SMILES string of the molecule is CC1=C2CCC[C@H](O)[C@@]2(C)C/C(=C/N[C@@H](C=O)Cc2ccccc2)C1=O.CC1=C2CCC[C@H](O)[C@@]2(C)CCC1=O. The normalized spacial score (nSPS) is 32.1.